The SMILES string of the molecule is Oc1ccc2c(COc3ccccc3Br)coc2c1. The van der Waals surface area contributed by atoms with Gasteiger partial charge in [-0.2, -0.15) is 0 Å². The summed E-state index contributed by atoms with van der Waals surface area (Å²) < 4.78 is 12.1. The fraction of sp³-hybridized carbons (Fsp3) is 0.0667. The summed E-state index contributed by atoms with van der Waals surface area (Å²) in [4.78, 5) is 0. The van der Waals surface area contributed by atoms with Gasteiger partial charge in [0.15, 0.2) is 0 Å². The summed E-state index contributed by atoms with van der Waals surface area (Å²) >= 11 is 3.44. The van der Waals surface area contributed by atoms with Crippen LogP contribution in [0, 0.1) is 0 Å². The predicted molar refractivity (Wildman–Crippen MR) is 76.4 cm³/mol. The molecule has 0 aliphatic heterocycles. The minimum atomic E-state index is 0.195. The van der Waals surface area contributed by atoms with E-state index in [4.69, 9.17) is 9.15 Å². The van der Waals surface area contributed by atoms with E-state index in [1.807, 2.05) is 30.3 Å². The molecule has 0 aliphatic rings. The van der Waals surface area contributed by atoms with Gasteiger partial charge in [-0.25, -0.2) is 0 Å². The van der Waals surface area contributed by atoms with Crippen LogP contribution in [0.3, 0.4) is 0 Å². The highest BCUT2D eigenvalue weighted by Gasteiger charge is 2.08. The molecule has 2 aromatic carbocycles. The molecule has 0 fully saturated rings. The fourth-order valence-corrected chi connectivity index (χ4v) is 2.30. The molecule has 1 aromatic heterocycles. The van der Waals surface area contributed by atoms with Crippen LogP contribution in [0.15, 0.2) is 57.6 Å². The predicted octanol–water partition coefficient (Wildman–Crippen LogP) is 4.48. The number of hydrogen-bond donors (Lipinski definition) is 1. The number of rotatable bonds is 3. The van der Waals surface area contributed by atoms with Gasteiger partial charge < -0.3 is 14.3 Å². The summed E-state index contributed by atoms with van der Waals surface area (Å²) in [6.07, 6.45) is 1.65. The minimum Gasteiger partial charge on any atom is -0.508 e. The Balaban J connectivity index is 1.84. The monoisotopic (exact) mass is 318 g/mol. The van der Waals surface area contributed by atoms with Gasteiger partial charge in [-0.1, -0.05) is 12.1 Å². The quantitative estimate of drug-likeness (QED) is 0.774. The molecule has 1 N–H and O–H groups in total. The Kier molecular flexibility index (Phi) is 3.17. The van der Waals surface area contributed by atoms with E-state index in [0.29, 0.717) is 12.2 Å². The van der Waals surface area contributed by atoms with Gasteiger partial charge in [-0.3, -0.25) is 0 Å². The van der Waals surface area contributed by atoms with Gasteiger partial charge in [0.05, 0.1) is 10.7 Å². The number of benzene rings is 2. The largest absolute Gasteiger partial charge is 0.508 e. The molecule has 3 aromatic rings. The first kappa shape index (κ1) is 12.1. The number of furan rings is 1. The molecule has 19 heavy (non-hydrogen) atoms. The van der Waals surface area contributed by atoms with E-state index in [2.05, 4.69) is 15.9 Å². The van der Waals surface area contributed by atoms with Crippen molar-refractivity contribution in [2.45, 2.75) is 6.61 Å². The molecule has 0 unspecified atom stereocenters. The summed E-state index contributed by atoms with van der Waals surface area (Å²) in [5.74, 6) is 0.982. The average molecular weight is 319 g/mol. The number of phenols is 1. The van der Waals surface area contributed by atoms with E-state index in [-0.39, 0.29) is 5.75 Å². The van der Waals surface area contributed by atoms with E-state index in [0.717, 1.165) is 21.2 Å². The third-order valence-electron chi connectivity index (χ3n) is 2.86. The summed E-state index contributed by atoms with van der Waals surface area (Å²) in [5.41, 5.74) is 1.61. The summed E-state index contributed by atoms with van der Waals surface area (Å²) in [6.45, 7) is 0.417. The molecule has 0 bridgehead atoms. The van der Waals surface area contributed by atoms with Crippen molar-refractivity contribution in [2.75, 3.05) is 0 Å². The van der Waals surface area contributed by atoms with Crippen molar-refractivity contribution in [1.82, 2.24) is 0 Å². The molecule has 0 aliphatic carbocycles. The molecule has 4 heteroatoms. The second-order valence-corrected chi connectivity index (χ2v) is 5.01. The highest BCUT2D eigenvalue weighted by atomic mass is 79.9. The lowest BCUT2D eigenvalue weighted by molar-refractivity contribution is 0.304. The van der Waals surface area contributed by atoms with Crippen molar-refractivity contribution in [3.05, 3.63) is 58.8 Å². The third-order valence-corrected chi connectivity index (χ3v) is 3.51. The van der Waals surface area contributed by atoms with Gasteiger partial charge in [-0.05, 0) is 40.2 Å². The van der Waals surface area contributed by atoms with Crippen molar-refractivity contribution in [3.8, 4) is 11.5 Å². The molecular weight excluding hydrogens is 308 g/mol. The molecule has 0 saturated carbocycles. The molecule has 0 saturated heterocycles. The van der Waals surface area contributed by atoms with Crippen LogP contribution in [0.4, 0.5) is 0 Å². The second-order valence-electron chi connectivity index (χ2n) is 4.16. The van der Waals surface area contributed by atoms with Crippen molar-refractivity contribution >= 4 is 26.9 Å². The Bertz CT molecular complexity index is 718. The fourth-order valence-electron chi connectivity index (χ4n) is 1.90. The minimum absolute atomic E-state index is 0.195. The molecule has 3 nitrogen and oxygen atoms in total. The van der Waals surface area contributed by atoms with Crippen LogP contribution >= 0.6 is 15.9 Å². The van der Waals surface area contributed by atoms with E-state index in [9.17, 15) is 5.11 Å². The van der Waals surface area contributed by atoms with Crippen LogP contribution in [0.1, 0.15) is 5.56 Å². The smallest absolute Gasteiger partial charge is 0.137 e. The average Bonchev–Trinajstić information content (AvgIpc) is 2.80. The lowest BCUT2D eigenvalue weighted by Gasteiger charge is -2.06. The van der Waals surface area contributed by atoms with Gasteiger partial charge >= 0.3 is 0 Å². The zero-order valence-electron chi connectivity index (χ0n) is 9.97. The molecule has 0 spiro atoms. The molecule has 3 rings (SSSR count). The van der Waals surface area contributed by atoms with Gasteiger partial charge in [0.1, 0.15) is 23.7 Å². The second kappa shape index (κ2) is 4.97. The molecule has 96 valence electrons. The van der Waals surface area contributed by atoms with Crippen molar-refractivity contribution < 1.29 is 14.3 Å². The van der Waals surface area contributed by atoms with Crippen LogP contribution in [-0.2, 0) is 6.61 Å². The first-order valence-corrected chi connectivity index (χ1v) is 6.60. The number of fused-ring (bicyclic) bond motifs is 1. The zero-order chi connectivity index (χ0) is 13.2. The number of halogens is 1. The van der Waals surface area contributed by atoms with Gasteiger partial charge in [0.2, 0.25) is 0 Å². The molecule has 1 heterocycles. The number of hydrogen-bond acceptors (Lipinski definition) is 3. The van der Waals surface area contributed by atoms with Crippen LogP contribution in [-0.4, -0.2) is 5.11 Å². The molecule has 0 atom stereocenters. The first-order chi connectivity index (χ1) is 9.24. The normalized spacial score (nSPS) is 10.8. The molecule has 0 amide bonds. The molecule has 0 radical (unpaired) electrons. The Morgan fingerprint density at radius 3 is 2.84 bits per heavy atom. The third kappa shape index (κ3) is 2.44. The van der Waals surface area contributed by atoms with Gasteiger partial charge in [0.25, 0.3) is 0 Å². The Hall–Kier alpha value is -1.94. The maximum absolute atomic E-state index is 9.39. The lowest BCUT2D eigenvalue weighted by Crippen LogP contribution is -1.94. The number of ether oxygens (including phenoxy) is 1. The lowest BCUT2D eigenvalue weighted by atomic mass is 10.2. The highest BCUT2D eigenvalue weighted by molar-refractivity contribution is 9.10. The number of phenolic OH excluding ortho intramolecular Hbond substituents is 1. The van der Waals surface area contributed by atoms with Crippen molar-refractivity contribution in [3.63, 3.8) is 0 Å². The van der Waals surface area contributed by atoms with Crippen molar-refractivity contribution in [2.24, 2.45) is 0 Å². The van der Waals surface area contributed by atoms with Crippen molar-refractivity contribution in [1.29, 1.82) is 0 Å². The summed E-state index contributed by atoms with van der Waals surface area (Å²) in [7, 11) is 0. The van der Waals surface area contributed by atoms with Gasteiger partial charge in [-0.15, -0.1) is 0 Å². The van der Waals surface area contributed by atoms with E-state index in [1.54, 1.807) is 18.4 Å². The number of para-hydroxylation sites is 1. The van der Waals surface area contributed by atoms with Crippen LogP contribution in [0.5, 0.6) is 11.5 Å². The topological polar surface area (TPSA) is 42.6 Å². The van der Waals surface area contributed by atoms with Gasteiger partial charge in [0, 0.05) is 17.0 Å². The van der Waals surface area contributed by atoms with Crippen LogP contribution in [0.25, 0.3) is 11.0 Å². The maximum atomic E-state index is 9.39. The maximum Gasteiger partial charge on any atom is 0.137 e. The summed E-state index contributed by atoms with van der Waals surface area (Å²) in [6, 6.07) is 12.8. The Morgan fingerprint density at radius 1 is 1.16 bits per heavy atom. The molecular formula is C15H11BrO3. The zero-order valence-corrected chi connectivity index (χ0v) is 11.6. The number of aromatic hydroxyl groups is 1. The van der Waals surface area contributed by atoms with Crippen LogP contribution < -0.4 is 4.74 Å². The summed E-state index contributed by atoms with van der Waals surface area (Å²) in [5, 5.41) is 10.3. The van der Waals surface area contributed by atoms with E-state index >= 15 is 0 Å². The first-order valence-electron chi connectivity index (χ1n) is 5.80. The Labute approximate surface area is 118 Å². The highest BCUT2D eigenvalue weighted by Crippen LogP contribution is 2.28. The van der Waals surface area contributed by atoms with Crippen LogP contribution in [0.2, 0.25) is 0 Å². The standard InChI is InChI=1S/C15H11BrO3/c16-13-3-1-2-4-14(13)18-8-10-9-19-15-7-11(17)5-6-12(10)15/h1-7,9,17H,8H2. The van der Waals surface area contributed by atoms with E-state index in [1.165, 1.54) is 0 Å². The Morgan fingerprint density at radius 2 is 2.00 bits per heavy atom. The van der Waals surface area contributed by atoms with E-state index < -0.39 is 0 Å².